The quantitative estimate of drug-likeness (QED) is 0.728. The summed E-state index contributed by atoms with van der Waals surface area (Å²) >= 11 is 0. The van der Waals surface area contributed by atoms with Gasteiger partial charge in [0, 0.05) is 43.0 Å². The van der Waals surface area contributed by atoms with Crippen LogP contribution in [0.15, 0.2) is 42.7 Å². The van der Waals surface area contributed by atoms with Crippen LogP contribution in [-0.2, 0) is 13.1 Å². The van der Waals surface area contributed by atoms with E-state index in [2.05, 4.69) is 44.2 Å². The number of hydrogen-bond acceptors (Lipinski definition) is 5. The second-order valence-electron chi connectivity index (χ2n) is 7.39. The largest absolute Gasteiger partial charge is 0.497 e. The van der Waals surface area contributed by atoms with E-state index in [0.717, 1.165) is 43.1 Å². The number of H-pyrrole nitrogens is 1. The monoisotopic (exact) mass is 365 g/mol. The zero-order valence-electron chi connectivity index (χ0n) is 16.1. The number of fused-ring (bicyclic) bond motifs is 1. The van der Waals surface area contributed by atoms with Crippen LogP contribution in [0.3, 0.4) is 0 Å². The molecule has 1 saturated heterocycles. The van der Waals surface area contributed by atoms with Crippen LogP contribution in [0.1, 0.15) is 24.1 Å². The lowest BCUT2D eigenvalue weighted by molar-refractivity contribution is 0.107. The van der Waals surface area contributed by atoms with Crippen molar-refractivity contribution in [3.8, 4) is 5.75 Å². The topological polar surface area (TPSA) is 57.3 Å². The molecular weight excluding hydrogens is 338 g/mol. The van der Waals surface area contributed by atoms with Crippen LogP contribution in [0.2, 0.25) is 0 Å². The molecule has 4 rings (SSSR count). The molecule has 142 valence electrons. The van der Waals surface area contributed by atoms with E-state index in [1.807, 2.05) is 30.6 Å². The predicted octanol–water partition coefficient (Wildman–Crippen LogP) is 3.06. The Morgan fingerprint density at radius 1 is 1.22 bits per heavy atom. The first-order valence-electron chi connectivity index (χ1n) is 9.55. The fraction of sp³-hybridized carbons (Fsp3) is 0.429. The maximum atomic E-state index is 5.32. The number of piperidine rings is 1. The summed E-state index contributed by atoms with van der Waals surface area (Å²) in [6, 6.07) is 10.8. The Labute approximate surface area is 160 Å². The molecule has 0 atom stereocenters. The lowest BCUT2D eigenvalue weighted by atomic mass is 10.0. The Bertz CT molecular complexity index is 871. The summed E-state index contributed by atoms with van der Waals surface area (Å²) in [6.45, 7) is 4.05. The van der Waals surface area contributed by atoms with Gasteiger partial charge in [-0.05, 0) is 56.7 Å². The molecule has 2 aromatic heterocycles. The molecule has 0 bridgehead atoms. The highest BCUT2D eigenvalue weighted by atomic mass is 16.5. The highest BCUT2D eigenvalue weighted by Crippen LogP contribution is 2.25. The number of aromatic amines is 1. The van der Waals surface area contributed by atoms with Crippen molar-refractivity contribution < 1.29 is 4.74 Å². The molecule has 3 aromatic rings. The van der Waals surface area contributed by atoms with Gasteiger partial charge in [-0.25, -0.2) is 0 Å². The van der Waals surface area contributed by atoms with Crippen LogP contribution in [0.4, 0.5) is 0 Å². The summed E-state index contributed by atoms with van der Waals surface area (Å²) in [7, 11) is 3.89. The van der Waals surface area contributed by atoms with E-state index in [9.17, 15) is 0 Å². The van der Waals surface area contributed by atoms with E-state index in [1.54, 1.807) is 7.11 Å². The van der Waals surface area contributed by atoms with Crippen molar-refractivity contribution in [2.24, 2.45) is 0 Å². The Hall–Kier alpha value is -2.44. The molecule has 6 heteroatoms. The number of likely N-dealkylation sites (tertiary alicyclic amines) is 1. The number of ether oxygens (including phenoxy) is 1. The molecule has 0 unspecified atom stereocenters. The van der Waals surface area contributed by atoms with Gasteiger partial charge >= 0.3 is 0 Å². The number of benzene rings is 1. The number of aromatic nitrogens is 3. The molecule has 1 aliphatic heterocycles. The van der Waals surface area contributed by atoms with E-state index >= 15 is 0 Å². The lowest BCUT2D eigenvalue weighted by Gasteiger charge is -2.37. The van der Waals surface area contributed by atoms with Gasteiger partial charge < -0.3 is 9.64 Å². The predicted molar refractivity (Wildman–Crippen MR) is 107 cm³/mol. The third-order valence-electron chi connectivity index (χ3n) is 5.52. The van der Waals surface area contributed by atoms with Crippen molar-refractivity contribution in [2.45, 2.75) is 32.0 Å². The van der Waals surface area contributed by atoms with Crippen molar-refractivity contribution in [1.82, 2.24) is 25.0 Å². The smallest absolute Gasteiger partial charge is 0.121 e. The fourth-order valence-electron chi connectivity index (χ4n) is 3.90. The van der Waals surface area contributed by atoms with Gasteiger partial charge in [0.25, 0.3) is 0 Å². The second kappa shape index (κ2) is 8.06. The van der Waals surface area contributed by atoms with Crippen LogP contribution in [0, 0.1) is 0 Å². The molecule has 3 heterocycles. The lowest BCUT2D eigenvalue weighted by Crippen LogP contribution is -2.43. The molecule has 1 aromatic carbocycles. The third kappa shape index (κ3) is 4.12. The van der Waals surface area contributed by atoms with E-state index in [1.165, 1.54) is 23.8 Å². The summed E-state index contributed by atoms with van der Waals surface area (Å²) < 4.78 is 5.32. The average molecular weight is 365 g/mol. The van der Waals surface area contributed by atoms with E-state index in [4.69, 9.17) is 4.74 Å². The Morgan fingerprint density at radius 3 is 2.81 bits per heavy atom. The average Bonchev–Trinajstić information content (AvgIpc) is 3.11. The summed E-state index contributed by atoms with van der Waals surface area (Å²) in [6.07, 6.45) is 6.18. The highest BCUT2D eigenvalue weighted by molar-refractivity contribution is 5.82. The Kier molecular flexibility index (Phi) is 5.36. The Morgan fingerprint density at radius 2 is 2.07 bits per heavy atom. The molecule has 0 amide bonds. The van der Waals surface area contributed by atoms with Crippen LogP contribution in [0.5, 0.6) is 5.75 Å². The Balaban J connectivity index is 1.58. The van der Waals surface area contributed by atoms with E-state index in [-0.39, 0.29) is 0 Å². The van der Waals surface area contributed by atoms with Gasteiger partial charge in [0.05, 0.1) is 18.3 Å². The molecule has 1 fully saturated rings. The maximum Gasteiger partial charge on any atom is 0.121 e. The molecule has 0 radical (unpaired) electrons. The van der Waals surface area contributed by atoms with Crippen molar-refractivity contribution >= 4 is 10.9 Å². The molecular formula is C21H27N5O. The molecule has 0 aliphatic carbocycles. The van der Waals surface area contributed by atoms with Gasteiger partial charge in [-0.2, -0.15) is 5.10 Å². The van der Waals surface area contributed by atoms with Crippen LogP contribution >= 0.6 is 0 Å². The summed E-state index contributed by atoms with van der Waals surface area (Å²) in [5.74, 6) is 0.836. The summed E-state index contributed by atoms with van der Waals surface area (Å²) in [5.41, 5.74) is 3.37. The molecule has 1 N–H and O–H groups in total. The van der Waals surface area contributed by atoms with Crippen molar-refractivity contribution in [2.75, 3.05) is 27.2 Å². The number of nitrogens with one attached hydrogen (secondary N) is 1. The van der Waals surface area contributed by atoms with Crippen molar-refractivity contribution in [3.63, 3.8) is 0 Å². The maximum absolute atomic E-state index is 5.32. The summed E-state index contributed by atoms with van der Waals surface area (Å²) in [5, 5.41) is 8.91. The van der Waals surface area contributed by atoms with Crippen molar-refractivity contribution in [1.29, 1.82) is 0 Å². The first kappa shape index (κ1) is 17.9. The van der Waals surface area contributed by atoms with Crippen molar-refractivity contribution in [3.05, 3.63) is 54.0 Å². The van der Waals surface area contributed by atoms with Gasteiger partial charge in [0.1, 0.15) is 5.75 Å². The van der Waals surface area contributed by atoms with Crippen LogP contribution in [-0.4, -0.2) is 58.3 Å². The number of rotatable bonds is 6. The fourth-order valence-corrected chi connectivity index (χ4v) is 3.90. The number of nitrogens with zero attached hydrogens (tertiary/aromatic N) is 4. The first-order chi connectivity index (χ1) is 13.2. The van der Waals surface area contributed by atoms with Crippen LogP contribution in [0.25, 0.3) is 10.9 Å². The van der Waals surface area contributed by atoms with Crippen LogP contribution < -0.4 is 4.74 Å². The number of pyridine rings is 1. The minimum atomic E-state index is 0.568. The molecule has 0 saturated carbocycles. The number of methoxy groups -OCH3 is 1. The zero-order valence-corrected chi connectivity index (χ0v) is 16.1. The molecule has 0 spiro atoms. The normalized spacial score (nSPS) is 16.3. The second-order valence-corrected chi connectivity index (χ2v) is 7.39. The third-order valence-corrected chi connectivity index (χ3v) is 5.52. The molecule has 1 aliphatic rings. The van der Waals surface area contributed by atoms with Gasteiger partial charge in [-0.1, -0.05) is 6.07 Å². The van der Waals surface area contributed by atoms with Gasteiger partial charge in [-0.3, -0.25) is 15.0 Å². The van der Waals surface area contributed by atoms with E-state index < -0.39 is 0 Å². The molecule has 27 heavy (non-hydrogen) atoms. The van der Waals surface area contributed by atoms with Gasteiger partial charge in [-0.15, -0.1) is 0 Å². The zero-order chi connectivity index (χ0) is 18.6. The SMILES string of the molecule is COc1ccc2c(CN(Cc3cccnc3)C3CCN(C)CC3)[nH]nc2c1. The van der Waals surface area contributed by atoms with Gasteiger partial charge in [0.2, 0.25) is 0 Å². The standard InChI is InChI=1S/C21H27N5O/c1-25-10-7-17(8-11-25)26(14-16-4-3-9-22-13-16)15-21-19-6-5-18(27-2)12-20(19)23-24-21/h3-6,9,12-13,17H,7-8,10-11,14-15H2,1-2H3,(H,23,24). The van der Waals surface area contributed by atoms with Gasteiger partial charge in [0.15, 0.2) is 0 Å². The first-order valence-corrected chi connectivity index (χ1v) is 9.55. The highest BCUT2D eigenvalue weighted by Gasteiger charge is 2.24. The van der Waals surface area contributed by atoms with E-state index in [0.29, 0.717) is 6.04 Å². The summed E-state index contributed by atoms with van der Waals surface area (Å²) in [4.78, 5) is 9.28. The number of hydrogen-bond donors (Lipinski definition) is 1. The minimum absolute atomic E-state index is 0.568. The molecule has 6 nitrogen and oxygen atoms in total. The minimum Gasteiger partial charge on any atom is -0.497 e.